The lowest BCUT2D eigenvalue weighted by Gasteiger charge is -2.36. The molecule has 34 heavy (non-hydrogen) atoms. The summed E-state index contributed by atoms with van der Waals surface area (Å²) in [4.78, 5) is 30.3. The van der Waals surface area contributed by atoms with E-state index in [1.54, 1.807) is 36.4 Å². The van der Waals surface area contributed by atoms with E-state index in [1.165, 1.54) is 16.7 Å². The Labute approximate surface area is 196 Å². The monoisotopic (exact) mass is 457 g/mol. The van der Waals surface area contributed by atoms with Crippen LogP contribution in [0.3, 0.4) is 0 Å². The molecule has 0 radical (unpaired) electrons. The van der Waals surface area contributed by atoms with Crippen molar-refractivity contribution in [2.45, 2.75) is 6.54 Å². The minimum atomic E-state index is -1.05. The number of benzene rings is 3. The Balaban J connectivity index is 1.54. The molecule has 1 saturated heterocycles. The van der Waals surface area contributed by atoms with Gasteiger partial charge in [0.05, 0.1) is 11.3 Å². The number of carboxylic acid groups (broad SMARTS) is 1. The second-order valence-corrected chi connectivity index (χ2v) is 8.39. The maximum absolute atomic E-state index is 13.5. The van der Waals surface area contributed by atoms with E-state index in [0.717, 1.165) is 18.8 Å². The molecule has 4 aromatic rings. The van der Waals surface area contributed by atoms with Crippen molar-refractivity contribution in [3.05, 3.63) is 106 Å². The van der Waals surface area contributed by atoms with Gasteiger partial charge in [-0.05, 0) is 42.5 Å². The number of fused-ring (bicyclic) bond motifs is 1. The minimum absolute atomic E-state index is 0.153. The smallest absolute Gasteiger partial charge is 0.338 e. The molecule has 2 heterocycles. The summed E-state index contributed by atoms with van der Waals surface area (Å²) >= 11 is 0. The van der Waals surface area contributed by atoms with Crippen molar-refractivity contribution in [2.75, 3.05) is 31.1 Å². The molecule has 0 bridgehead atoms. The van der Waals surface area contributed by atoms with Crippen molar-refractivity contribution in [1.82, 2.24) is 9.47 Å². The lowest BCUT2D eigenvalue weighted by atomic mass is 10.0. The molecule has 0 aliphatic carbocycles. The van der Waals surface area contributed by atoms with Crippen LogP contribution in [-0.4, -0.2) is 46.7 Å². The summed E-state index contributed by atoms with van der Waals surface area (Å²) in [6, 6.07) is 22.5. The highest BCUT2D eigenvalue weighted by Gasteiger charge is 2.25. The average molecular weight is 458 g/mol. The molecule has 0 atom stereocenters. The molecule has 3 aromatic carbocycles. The molecule has 0 unspecified atom stereocenters. The van der Waals surface area contributed by atoms with Crippen LogP contribution in [-0.2, 0) is 6.54 Å². The number of rotatable bonds is 5. The Bertz CT molecular complexity index is 1390. The molecular weight excluding hydrogens is 433 g/mol. The number of carboxylic acids is 1. The number of hydrogen-bond donors (Lipinski definition) is 1. The van der Waals surface area contributed by atoms with Crippen molar-refractivity contribution in [3.63, 3.8) is 0 Å². The summed E-state index contributed by atoms with van der Waals surface area (Å²) in [6.07, 6.45) is 0. The number of anilines is 1. The summed E-state index contributed by atoms with van der Waals surface area (Å²) in [5.74, 6) is -1.32. The average Bonchev–Trinajstić information content (AvgIpc) is 2.86. The lowest BCUT2D eigenvalue weighted by molar-refractivity contribution is 0.0695. The topological polar surface area (TPSA) is 65.8 Å². The third-order valence-corrected chi connectivity index (χ3v) is 6.35. The van der Waals surface area contributed by atoms with Crippen molar-refractivity contribution < 1.29 is 14.3 Å². The molecule has 1 N–H and O–H groups in total. The van der Waals surface area contributed by atoms with Crippen molar-refractivity contribution >= 4 is 22.4 Å². The fraction of sp³-hybridized carbons (Fsp3) is 0.185. The zero-order valence-electron chi connectivity index (χ0n) is 18.5. The zero-order chi connectivity index (χ0) is 23.7. The van der Waals surface area contributed by atoms with Gasteiger partial charge in [0.25, 0.3) is 5.56 Å². The van der Waals surface area contributed by atoms with Crippen LogP contribution in [0.2, 0.25) is 0 Å². The second kappa shape index (κ2) is 9.11. The van der Waals surface area contributed by atoms with Gasteiger partial charge >= 0.3 is 5.97 Å². The number of piperazine rings is 1. The molecule has 1 aliphatic rings. The van der Waals surface area contributed by atoms with E-state index in [4.69, 9.17) is 0 Å². The summed E-state index contributed by atoms with van der Waals surface area (Å²) < 4.78 is 14.8. The van der Waals surface area contributed by atoms with Crippen LogP contribution in [0.15, 0.2) is 83.7 Å². The van der Waals surface area contributed by atoms with Gasteiger partial charge in [-0.15, -0.1) is 0 Å². The van der Waals surface area contributed by atoms with Crippen molar-refractivity contribution in [1.29, 1.82) is 0 Å². The molecule has 6 nitrogen and oxygen atoms in total. The highest BCUT2D eigenvalue weighted by atomic mass is 19.1. The number of pyridine rings is 1. The largest absolute Gasteiger partial charge is 0.478 e. The number of nitrogens with zero attached hydrogens (tertiary/aromatic N) is 3. The van der Waals surface area contributed by atoms with Crippen LogP contribution in [0.4, 0.5) is 10.1 Å². The summed E-state index contributed by atoms with van der Waals surface area (Å²) in [6.45, 7) is 3.14. The molecule has 172 valence electrons. The van der Waals surface area contributed by atoms with Crippen molar-refractivity contribution in [3.8, 4) is 5.69 Å². The van der Waals surface area contributed by atoms with Crippen LogP contribution in [0.5, 0.6) is 0 Å². The lowest BCUT2D eigenvalue weighted by Crippen LogP contribution is -2.46. The highest BCUT2D eigenvalue weighted by molar-refractivity contribution is 6.04. The molecule has 0 amide bonds. The Kier molecular flexibility index (Phi) is 5.86. The van der Waals surface area contributed by atoms with E-state index in [2.05, 4.69) is 9.80 Å². The van der Waals surface area contributed by atoms with Crippen LogP contribution >= 0.6 is 0 Å². The maximum atomic E-state index is 13.5. The van der Waals surface area contributed by atoms with Crippen LogP contribution < -0.4 is 10.5 Å². The molecule has 0 saturated carbocycles. The maximum Gasteiger partial charge on any atom is 0.338 e. The van der Waals surface area contributed by atoms with Gasteiger partial charge in [0.15, 0.2) is 0 Å². The first kappa shape index (κ1) is 21.9. The molecule has 1 aliphatic heterocycles. The SMILES string of the molecule is O=C(O)c1c(CN2CCN(c3ccc(F)cc3)CC2)n(-c2ccccc2)c(=O)c2ccccc12. The summed E-state index contributed by atoms with van der Waals surface area (Å²) in [5, 5.41) is 11.0. The predicted molar refractivity (Wildman–Crippen MR) is 130 cm³/mol. The Morgan fingerprint density at radius 2 is 1.41 bits per heavy atom. The third kappa shape index (κ3) is 4.06. The number of aromatic carboxylic acids is 1. The molecule has 0 spiro atoms. The molecule has 7 heteroatoms. The molecule has 1 fully saturated rings. The Morgan fingerprint density at radius 3 is 2.06 bits per heavy atom. The van der Waals surface area contributed by atoms with Gasteiger partial charge in [0.2, 0.25) is 0 Å². The molecule has 5 rings (SSSR count). The van der Waals surface area contributed by atoms with Crippen LogP contribution in [0.1, 0.15) is 16.1 Å². The molecule has 1 aromatic heterocycles. The number of hydrogen-bond acceptors (Lipinski definition) is 4. The number of carbonyl (C=O) groups is 1. The first-order valence-electron chi connectivity index (χ1n) is 11.2. The Hall–Kier alpha value is -3.97. The predicted octanol–water partition coefficient (Wildman–Crippen LogP) is 4.15. The van der Waals surface area contributed by atoms with Crippen LogP contribution in [0.25, 0.3) is 16.5 Å². The van der Waals surface area contributed by atoms with E-state index in [9.17, 15) is 19.1 Å². The highest BCUT2D eigenvalue weighted by Crippen LogP contribution is 2.25. The van der Waals surface area contributed by atoms with E-state index in [-0.39, 0.29) is 16.9 Å². The van der Waals surface area contributed by atoms with Crippen LogP contribution in [0, 0.1) is 5.82 Å². The fourth-order valence-corrected chi connectivity index (χ4v) is 4.66. The molecular formula is C27H24FN3O3. The minimum Gasteiger partial charge on any atom is -0.478 e. The van der Waals surface area contributed by atoms with Gasteiger partial charge in [-0.1, -0.05) is 36.4 Å². The summed E-state index contributed by atoms with van der Waals surface area (Å²) in [7, 11) is 0. The van der Waals surface area contributed by atoms with E-state index < -0.39 is 5.97 Å². The van der Waals surface area contributed by atoms with E-state index in [0.29, 0.717) is 41.8 Å². The third-order valence-electron chi connectivity index (χ3n) is 6.35. The first-order valence-corrected chi connectivity index (χ1v) is 11.2. The van der Waals surface area contributed by atoms with Gasteiger partial charge < -0.3 is 10.0 Å². The van der Waals surface area contributed by atoms with Gasteiger partial charge in [-0.3, -0.25) is 14.3 Å². The van der Waals surface area contributed by atoms with E-state index in [1.807, 2.05) is 30.3 Å². The fourth-order valence-electron chi connectivity index (χ4n) is 4.66. The number of halogens is 1. The quantitative estimate of drug-likeness (QED) is 0.488. The van der Waals surface area contributed by atoms with Crippen molar-refractivity contribution in [2.24, 2.45) is 0 Å². The first-order chi connectivity index (χ1) is 16.5. The second-order valence-electron chi connectivity index (χ2n) is 8.39. The normalized spacial score (nSPS) is 14.4. The standard InChI is InChI=1S/C27H24FN3O3/c28-19-10-12-20(13-11-19)30-16-14-29(15-17-30)18-24-25(27(33)34)22-8-4-5-9-23(22)26(32)31(24)21-6-2-1-3-7-21/h1-13H,14-18H2,(H,33,34). The van der Waals surface area contributed by atoms with Gasteiger partial charge in [0.1, 0.15) is 5.82 Å². The Morgan fingerprint density at radius 1 is 0.794 bits per heavy atom. The number of para-hydroxylation sites is 1. The number of aromatic nitrogens is 1. The van der Waals surface area contributed by atoms with Gasteiger partial charge in [-0.25, -0.2) is 9.18 Å². The van der Waals surface area contributed by atoms with Gasteiger partial charge in [0, 0.05) is 54.9 Å². The summed E-state index contributed by atoms with van der Waals surface area (Å²) in [5.41, 5.74) is 1.99. The zero-order valence-corrected chi connectivity index (χ0v) is 18.5. The van der Waals surface area contributed by atoms with E-state index >= 15 is 0 Å². The van der Waals surface area contributed by atoms with Gasteiger partial charge in [-0.2, -0.15) is 0 Å².